The summed E-state index contributed by atoms with van der Waals surface area (Å²) < 4.78 is 132. The minimum absolute atomic E-state index is 0.111. The number of alkyl halides is 3. The molecule has 0 saturated heterocycles. The summed E-state index contributed by atoms with van der Waals surface area (Å²) in [6.45, 7) is 0. The van der Waals surface area contributed by atoms with E-state index in [0.29, 0.717) is 18.2 Å². The van der Waals surface area contributed by atoms with Gasteiger partial charge in [0.25, 0.3) is 0 Å². The molecule has 2 unspecified atom stereocenters. The van der Waals surface area contributed by atoms with Gasteiger partial charge >= 0.3 is 6.11 Å². The molecule has 0 N–H and O–H groups in total. The third-order valence-electron chi connectivity index (χ3n) is 5.57. The van der Waals surface area contributed by atoms with Gasteiger partial charge in [0.2, 0.25) is 0 Å². The van der Waals surface area contributed by atoms with E-state index in [1.54, 1.807) is 0 Å². The first kappa shape index (κ1) is 24.7. The van der Waals surface area contributed by atoms with E-state index in [-0.39, 0.29) is 18.4 Å². The number of rotatable bonds is 5. The lowest BCUT2D eigenvalue weighted by Gasteiger charge is -2.25. The van der Waals surface area contributed by atoms with E-state index in [9.17, 15) is 39.5 Å². The summed E-state index contributed by atoms with van der Waals surface area (Å²) in [7, 11) is 0. The van der Waals surface area contributed by atoms with Crippen LogP contribution in [0.15, 0.2) is 77.6 Å². The molecule has 0 saturated carbocycles. The fourth-order valence-electron chi connectivity index (χ4n) is 3.88. The number of ether oxygens (including phenoxy) is 1. The molecule has 2 aliphatic carbocycles. The van der Waals surface area contributed by atoms with E-state index in [1.165, 1.54) is 6.08 Å². The quantitative estimate of drug-likeness (QED) is 0.374. The molecular weight excluding hydrogens is 487 g/mol. The van der Waals surface area contributed by atoms with E-state index in [0.717, 1.165) is 30.4 Å². The highest BCUT2D eigenvalue weighted by atomic mass is 19.3. The van der Waals surface area contributed by atoms with Crippen LogP contribution in [0, 0.1) is 29.2 Å². The molecule has 0 radical (unpaired) electrons. The van der Waals surface area contributed by atoms with Gasteiger partial charge in [0.15, 0.2) is 6.17 Å². The van der Waals surface area contributed by atoms with Crippen LogP contribution in [0.4, 0.5) is 39.5 Å². The van der Waals surface area contributed by atoms with E-state index in [4.69, 9.17) is 0 Å². The van der Waals surface area contributed by atoms with Crippen molar-refractivity contribution in [3.8, 4) is 11.1 Å². The lowest BCUT2D eigenvalue weighted by Crippen LogP contribution is -2.23. The summed E-state index contributed by atoms with van der Waals surface area (Å²) in [6, 6.07) is 3.32. The van der Waals surface area contributed by atoms with Crippen LogP contribution in [0.2, 0.25) is 0 Å². The molecule has 2 aromatic carbocycles. The van der Waals surface area contributed by atoms with Gasteiger partial charge in [-0.3, -0.25) is 0 Å². The lowest BCUT2D eigenvalue weighted by atomic mass is 9.87. The number of allylic oxidation sites excluding steroid dienone is 7. The average Bonchev–Trinajstić information content (AvgIpc) is 2.75. The first-order chi connectivity index (χ1) is 16.5. The zero-order valence-corrected chi connectivity index (χ0v) is 17.6. The maximum absolute atomic E-state index is 14.7. The Kier molecular flexibility index (Phi) is 6.57. The molecule has 0 aliphatic heterocycles. The second kappa shape index (κ2) is 9.31. The Hall–Kier alpha value is -3.43. The van der Waals surface area contributed by atoms with Crippen molar-refractivity contribution in [3.05, 3.63) is 106 Å². The molecular formula is C25H15F9O. The molecule has 2 atom stereocenters. The van der Waals surface area contributed by atoms with Crippen LogP contribution in [0.1, 0.15) is 18.4 Å². The van der Waals surface area contributed by atoms with Crippen molar-refractivity contribution in [2.75, 3.05) is 0 Å². The van der Waals surface area contributed by atoms with Crippen molar-refractivity contribution in [2.45, 2.75) is 25.1 Å². The molecule has 1 nitrogen and oxygen atoms in total. The first-order valence-corrected chi connectivity index (χ1v) is 10.3. The molecule has 0 fully saturated rings. The number of hydrogen-bond acceptors (Lipinski definition) is 1. The van der Waals surface area contributed by atoms with Gasteiger partial charge in [-0.1, -0.05) is 12.1 Å². The monoisotopic (exact) mass is 502 g/mol. The van der Waals surface area contributed by atoms with Crippen LogP contribution in [-0.2, 0) is 10.8 Å². The summed E-state index contributed by atoms with van der Waals surface area (Å²) in [5, 5.41) is 0. The third kappa shape index (κ3) is 4.87. The molecule has 2 aliphatic rings. The lowest BCUT2D eigenvalue weighted by molar-refractivity contribution is -0.225. The summed E-state index contributed by atoms with van der Waals surface area (Å²) in [5.74, 6) is -9.93. The molecule has 4 rings (SSSR count). The van der Waals surface area contributed by atoms with Gasteiger partial charge in [-0.05, 0) is 54.0 Å². The van der Waals surface area contributed by atoms with E-state index >= 15 is 0 Å². The van der Waals surface area contributed by atoms with Crippen LogP contribution < -0.4 is 0 Å². The van der Waals surface area contributed by atoms with Gasteiger partial charge in [-0.15, -0.1) is 0 Å². The highest BCUT2D eigenvalue weighted by Crippen LogP contribution is 2.41. The zero-order chi connectivity index (χ0) is 25.5. The van der Waals surface area contributed by atoms with Crippen molar-refractivity contribution in [2.24, 2.45) is 5.92 Å². The largest absolute Gasteiger partial charge is 0.432 e. The van der Waals surface area contributed by atoms with E-state index < -0.39 is 75.6 Å². The van der Waals surface area contributed by atoms with Gasteiger partial charge < -0.3 is 4.74 Å². The highest BCUT2D eigenvalue weighted by Gasteiger charge is 2.42. The Labute approximate surface area is 193 Å². The second-order valence-corrected chi connectivity index (χ2v) is 7.89. The maximum Gasteiger partial charge on any atom is 0.432 e. The highest BCUT2D eigenvalue weighted by molar-refractivity contribution is 5.65. The van der Waals surface area contributed by atoms with Crippen molar-refractivity contribution in [1.29, 1.82) is 0 Å². The van der Waals surface area contributed by atoms with Crippen molar-refractivity contribution < 1.29 is 44.3 Å². The molecule has 184 valence electrons. The van der Waals surface area contributed by atoms with Crippen LogP contribution >= 0.6 is 0 Å². The van der Waals surface area contributed by atoms with Gasteiger partial charge in [0.1, 0.15) is 46.2 Å². The molecule has 0 heterocycles. The predicted molar refractivity (Wildman–Crippen MR) is 109 cm³/mol. The molecule has 0 aromatic heterocycles. The summed E-state index contributed by atoms with van der Waals surface area (Å²) >= 11 is 0. The Morgan fingerprint density at radius 3 is 1.97 bits per heavy atom. The second-order valence-electron chi connectivity index (χ2n) is 7.89. The van der Waals surface area contributed by atoms with Gasteiger partial charge in [-0.25, -0.2) is 30.7 Å². The van der Waals surface area contributed by atoms with Crippen molar-refractivity contribution in [3.63, 3.8) is 0 Å². The fraction of sp³-hybridized carbons (Fsp3) is 0.200. The molecule has 35 heavy (non-hydrogen) atoms. The molecule has 10 heteroatoms. The maximum atomic E-state index is 14.7. The number of halogens is 9. The summed E-state index contributed by atoms with van der Waals surface area (Å²) in [5.41, 5.74) is -3.20. The Morgan fingerprint density at radius 1 is 0.771 bits per heavy atom. The average molecular weight is 502 g/mol. The van der Waals surface area contributed by atoms with Crippen molar-refractivity contribution in [1.82, 2.24) is 0 Å². The summed E-state index contributed by atoms with van der Waals surface area (Å²) in [6.07, 6.45) is -3.38. The Balaban J connectivity index is 1.58. The standard InChI is InChI=1S/C25H15F9O/c26-16-7-4-12(8-20(16)30)15-6-5-14(11-19(15)29)35-25(33,34)24-21(31)9-13(10-22(24)32)23-17(27)2-1-3-18(23)28/h1-5,8-11,15-16H,6-7H2. The van der Waals surface area contributed by atoms with Gasteiger partial charge in [0.05, 0.1) is 5.56 Å². The topological polar surface area (TPSA) is 9.23 Å². The van der Waals surface area contributed by atoms with Crippen LogP contribution in [0.25, 0.3) is 11.1 Å². The van der Waals surface area contributed by atoms with E-state index in [2.05, 4.69) is 4.74 Å². The fourth-order valence-corrected chi connectivity index (χ4v) is 3.88. The van der Waals surface area contributed by atoms with Crippen LogP contribution in [-0.4, -0.2) is 6.17 Å². The molecule has 0 amide bonds. The normalized spacial score (nSPS) is 20.6. The zero-order valence-electron chi connectivity index (χ0n) is 17.6. The SMILES string of the molecule is FC1=CC(C2CC=C(OC(F)(F)c3c(F)cc(-c4c(F)cccc4F)cc3F)C=C2F)=CCC1F. The molecule has 0 bridgehead atoms. The minimum atomic E-state index is -4.63. The third-order valence-corrected chi connectivity index (χ3v) is 5.57. The Morgan fingerprint density at radius 2 is 1.40 bits per heavy atom. The summed E-state index contributed by atoms with van der Waals surface area (Å²) in [4.78, 5) is 0. The predicted octanol–water partition coefficient (Wildman–Crippen LogP) is 8.25. The van der Waals surface area contributed by atoms with Crippen molar-refractivity contribution >= 4 is 0 Å². The smallest absolute Gasteiger partial charge is 0.429 e. The number of hydrogen-bond donors (Lipinski definition) is 0. The molecule has 2 aromatic rings. The number of benzene rings is 2. The van der Waals surface area contributed by atoms with Gasteiger partial charge in [0, 0.05) is 18.4 Å². The Bertz CT molecular complexity index is 1250. The van der Waals surface area contributed by atoms with Gasteiger partial charge in [-0.2, -0.15) is 8.78 Å². The minimum Gasteiger partial charge on any atom is -0.429 e. The molecule has 0 spiro atoms. The van der Waals surface area contributed by atoms with Crippen LogP contribution in [0.5, 0.6) is 0 Å². The van der Waals surface area contributed by atoms with Crippen LogP contribution in [0.3, 0.4) is 0 Å². The van der Waals surface area contributed by atoms with E-state index in [1.807, 2.05) is 0 Å². The first-order valence-electron chi connectivity index (χ1n) is 10.3.